The number of nitrogens with one attached hydrogen (secondary N) is 1. The Bertz CT molecular complexity index is 561. The number of aromatic nitrogens is 4. The third-order valence-electron chi connectivity index (χ3n) is 3.74. The van der Waals surface area contributed by atoms with Gasteiger partial charge < -0.3 is 14.5 Å². The standard InChI is InChI=1S/C13H19N5O2/c1-18-11(6-7-14-18)10(8-19-2)15-13-17-16-12(20-13)9-4-3-5-9/h6-7,9-10H,3-5,8H2,1-2H3,(H,15,17). The molecule has 7 heteroatoms. The first-order valence-electron chi connectivity index (χ1n) is 6.84. The second-order valence-electron chi connectivity index (χ2n) is 5.11. The molecule has 0 spiro atoms. The molecule has 1 N–H and O–H groups in total. The van der Waals surface area contributed by atoms with Crippen molar-refractivity contribution in [1.29, 1.82) is 0 Å². The summed E-state index contributed by atoms with van der Waals surface area (Å²) in [5.41, 5.74) is 1.01. The van der Waals surface area contributed by atoms with Crippen LogP contribution in [0.25, 0.3) is 0 Å². The van der Waals surface area contributed by atoms with Gasteiger partial charge in [-0.3, -0.25) is 4.68 Å². The Morgan fingerprint density at radius 3 is 2.95 bits per heavy atom. The number of methoxy groups -OCH3 is 1. The lowest BCUT2D eigenvalue weighted by Gasteiger charge is -2.21. The fourth-order valence-electron chi connectivity index (χ4n) is 2.36. The SMILES string of the molecule is COCC(Nc1nnc(C2CCC2)o1)c1ccnn1C. The molecule has 0 bridgehead atoms. The van der Waals surface area contributed by atoms with E-state index in [2.05, 4.69) is 20.6 Å². The zero-order valence-corrected chi connectivity index (χ0v) is 11.7. The first-order valence-corrected chi connectivity index (χ1v) is 6.84. The molecule has 3 rings (SSSR count). The quantitative estimate of drug-likeness (QED) is 0.868. The number of aryl methyl sites for hydroxylation is 1. The highest BCUT2D eigenvalue weighted by Gasteiger charge is 2.26. The minimum atomic E-state index is -0.0674. The van der Waals surface area contributed by atoms with Crippen LogP contribution < -0.4 is 5.32 Å². The number of anilines is 1. The van der Waals surface area contributed by atoms with Crippen LogP contribution in [0.2, 0.25) is 0 Å². The lowest BCUT2D eigenvalue weighted by Crippen LogP contribution is -2.19. The Hall–Kier alpha value is -1.89. The molecule has 1 aliphatic carbocycles. The van der Waals surface area contributed by atoms with Crippen molar-refractivity contribution < 1.29 is 9.15 Å². The molecule has 1 saturated carbocycles. The van der Waals surface area contributed by atoms with E-state index < -0.39 is 0 Å². The predicted octanol–water partition coefficient (Wildman–Crippen LogP) is 1.87. The van der Waals surface area contributed by atoms with Gasteiger partial charge in [-0.2, -0.15) is 5.10 Å². The largest absolute Gasteiger partial charge is 0.408 e. The molecular weight excluding hydrogens is 258 g/mol. The third kappa shape index (κ3) is 2.53. The number of hydrogen-bond donors (Lipinski definition) is 1. The highest BCUT2D eigenvalue weighted by atomic mass is 16.5. The summed E-state index contributed by atoms with van der Waals surface area (Å²) in [5, 5.41) is 15.6. The summed E-state index contributed by atoms with van der Waals surface area (Å²) in [6.07, 6.45) is 5.29. The average Bonchev–Trinajstić information content (AvgIpc) is 2.96. The first-order chi connectivity index (χ1) is 9.78. The molecule has 1 atom stereocenters. The fraction of sp³-hybridized carbons (Fsp3) is 0.615. The molecule has 0 amide bonds. The summed E-state index contributed by atoms with van der Waals surface area (Å²) in [7, 11) is 3.56. The molecule has 2 aromatic heterocycles. The highest BCUT2D eigenvalue weighted by Crippen LogP contribution is 2.36. The van der Waals surface area contributed by atoms with Crippen molar-refractivity contribution in [2.75, 3.05) is 19.0 Å². The predicted molar refractivity (Wildman–Crippen MR) is 72.3 cm³/mol. The van der Waals surface area contributed by atoms with Gasteiger partial charge in [0.15, 0.2) is 0 Å². The van der Waals surface area contributed by atoms with Gasteiger partial charge in [-0.1, -0.05) is 11.5 Å². The van der Waals surface area contributed by atoms with Crippen molar-refractivity contribution in [2.45, 2.75) is 31.2 Å². The van der Waals surface area contributed by atoms with Gasteiger partial charge in [0, 0.05) is 26.3 Å². The monoisotopic (exact) mass is 277 g/mol. The van der Waals surface area contributed by atoms with Gasteiger partial charge >= 0.3 is 6.01 Å². The molecule has 108 valence electrons. The Morgan fingerprint density at radius 2 is 2.35 bits per heavy atom. The van der Waals surface area contributed by atoms with E-state index in [1.807, 2.05) is 13.1 Å². The molecule has 2 heterocycles. The van der Waals surface area contributed by atoms with Crippen LogP contribution in [0, 0.1) is 0 Å². The van der Waals surface area contributed by atoms with Crippen LogP contribution in [0.4, 0.5) is 6.01 Å². The molecule has 1 aliphatic rings. The van der Waals surface area contributed by atoms with Crippen LogP contribution in [-0.2, 0) is 11.8 Å². The molecule has 0 radical (unpaired) electrons. The normalized spacial score (nSPS) is 16.9. The van der Waals surface area contributed by atoms with E-state index in [-0.39, 0.29) is 6.04 Å². The fourth-order valence-corrected chi connectivity index (χ4v) is 2.36. The maximum Gasteiger partial charge on any atom is 0.316 e. The van der Waals surface area contributed by atoms with Crippen molar-refractivity contribution in [3.05, 3.63) is 23.8 Å². The zero-order chi connectivity index (χ0) is 13.9. The summed E-state index contributed by atoms with van der Waals surface area (Å²) < 4.78 is 12.7. The van der Waals surface area contributed by atoms with Crippen LogP contribution in [0.15, 0.2) is 16.7 Å². The number of ether oxygens (including phenoxy) is 1. The van der Waals surface area contributed by atoms with E-state index in [0.717, 1.165) is 24.4 Å². The van der Waals surface area contributed by atoms with Gasteiger partial charge in [0.05, 0.1) is 18.3 Å². The molecule has 20 heavy (non-hydrogen) atoms. The van der Waals surface area contributed by atoms with E-state index in [0.29, 0.717) is 18.5 Å². The minimum absolute atomic E-state index is 0.0674. The van der Waals surface area contributed by atoms with Crippen LogP contribution in [0.5, 0.6) is 0 Å². The van der Waals surface area contributed by atoms with E-state index in [9.17, 15) is 0 Å². The maximum absolute atomic E-state index is 5.68. The number of hydrogen-bond acceptors (Lipinski definition) is 6. The molecule has 0 saturated heterocycles. The summed E-state index contributed by atoms with van der Waals surface area (Å²) >= 11 is 0. The highest BCUT2D eigenvalue weighted by molar-refractivity contribution is 5.25. The van der Waals surface area contributed by atoms with Gasteiger partial charge in [-0.25, -0.2) is 0 Å². The lowest BCUT2D eigenvalue weighted by molar-refractivity contribution is 0.183. The lowest BCUT2D eigenvalue weighted by atomic mass is 9.85. The van der Waals surface area contributed by atoms with Crippen molar-refractivity contribution in [3.63, 3.8) is 0 Å². The van der Waals surface area contributed by atoms with E-state index >= 15 is 0 Å². The molecule has 7 nitrogen and oxygen atoms in total. The number of rotatable bonds is 6. The van der Waals surface area contributed by atoms with Gasteiger partial charge in [0.25, 0.3) is 0 Å². The Labute approximate surface area is 117 Å². The number of nitrogens with zero attached hydrogens (tertiary/aromatic N) is 4. The molecule has 0 aliphatic heterocycles. The second kappa shape index (κ2) is 5.62. The van der Waals surface area contributed by atoms with Gasteiger partial charge in [-0.15, -0.1) is 5.10 Å². The third-order valence-corrected chi connectivity index (χ3v) is 3.74. The van der Waals surface area contributed by atoms with Gasteiger partial charge in [0.2, 0.25) is 5.89 Å². The van der Waals surface area contributed by atoms with Crippen molar-refractivity contribution in [1.82, 2.24) is 20.0 Å². The smallest absolute Gasteiger partial charge is 0.316 e. The molecular formula is C13H19N5O2. The zero-order valence-electron chi connectivity index (χ0n) is 11.7. The van der Waals surface area contributed by atoms with Crippen molar-refractivity contribution >= 4 is 6.01 Å². The summed E-state index contributed by atoms with van der Waals surface area (Å²) in [6.45, 7) is 0.501. The van der Waals surface area contributed by atoms with E-state index in [1.165, 1.54) is 6.42 Å². The average molecular weight is 277 g/mol. The van der Waals surface area contributed by atoms with Crippen LogP contribution in [0.1, 0.15) is 42.8 Å². The van der Waals surface area contributed by atoms with Gasteiger partial charge in [-0.05, 0) is 18.9 Å². The van der Waals surface area contributed by atoms with E-state index in [4.69, 9.17) is 9.15 Å². The van der Waals surface area contributed by atoms with Crippen molar-refractivity contribution in [2.24, 2.45) is 7.05 Å². The van der Waals surface area contributed by atoms with Crippen LogP contribution >= 0.6 is 0 Å². The molecule has 2 aromatic rings. The Kier molecular flexibility index (Phi) is 3.68. The second-order valence-corrected chi connectivity index (χ2v) is 5.11. The summed E-state index contributed by atoms with van der Waals surface area (Å²) in [4.78, 5) is 0. The molecule has 1 fully saturated rings. The molecule has 1 unspecified atom stereocenters. The minimum Gasteiger partial charge on any atom is -0.408 e. The van der Waals surface area contributed by atoms with Crippen LogP contribution in [0.3, 0.4) is 0 Å². The first kappa shape index (κ1) is 13.1. The van der Waals surface area contributed by atoms with E-state index in [1.54, 1.807) is 18.0 Å². The van der Waals surface area contributed by atoms with Crippen molar-refractivity contribution in [3.8, 4) is 0 Å². The maximum atomic E-state index is 5.68. The van der Waals surface area contributed by atoms with Gasteiger partial charge in [0.1, 0.15) is 0 Å². The topological polar surface area (TPSA) is 78.0 Å². The Morgan fingerprint density at radius 1 is 1.50 bits per heavy atom. The van der Waals surface area contributed by atoms with Crippen LogP contribution in [-0.4, -0.2) is 33.7 Å². The summed E-state index contributed by atoms with van der Waals surface area (Å²) in [6, 6.07) is 2.32. The molecule has 0 aromatic carbocycles. The Balaban J connectivity index is 1.72. The summed E-state index contributed by atoms with van der Waals surface area (Å²) in [5.74, 6) is 1.18.